The van der Waals surface area contributed by atoms with E-state index in [1.165, 1.54) is 42.7 Å². The van der Waals surface area contributed by atoms with E-state index in [2.05, 4.69) is 30.6 Å². The number of primary amides is 1. The third-order valence-electron chi connectivity index (χ3n) is 9.38. The minimum atomic E-state index is -0.972. The lowest BCUT2D eigenvalue weighted by molar-refractivity contribution is -0.141. The molecule has 0 spiro atoms. The first-order valence-electron chi connectivity index (χ1n) is 17.2. The fraction of sp³-hybridized carbons (Fsp3) is 0.639. The molecule has 2 aliphatic rings. The smallest absolute Gasteiger partial charge is 0.408 e. The molecule has 3 heterocycles. The van der Waals surface area contributed by atoms with Crippen LogP contribution in [0.2, 0.25) is 0 Å². The molecule has 2 aromatic heterocycles. The molecule has 1 aromatic carbocycles. The average Bonchev–Trinajstić information content (AvgIpc) is 3.70. The summed E-state index contributed by atoms with van der Waals surface area (Å²) in [4.78, 5) is 51.4. The Morgan fingerprint density at radius 3 is 2.33 bits per heavy atom. The van der Waals surface area contributed by atoms with Crippen molar-refractivity contribution in [2.24, 2.45) is 17.1 Å². The number of alkyl carbamates (subject to hydrolysis) is 1. The van der Waals surface area contributed by atoms with Gasteiger partial charge in [-0.2, -0.15) is 4.98 Å². The highest BCUT2D eigenvalue weighted by atomic mass is 32.1. The molecule has 2 fully saturated rings. The van der Waals surface area contributed by atoms with E-state index in [1.54, 1.807) is 32.1 Å². The van der Waals surface area contributed by atoms with Crippen LogP contribution in [0.3, 0.4) is 0 Å². The largest absolute Gasteiger partial charge is 0.459 e. The standard InChI is InChI=1S/C36H52N6O5S/c1-20(2)42-25-17-13-16-23(31-38-24(19-48-31)22-14-11-10-12-15-22)27(25)39-33(42)46-26-18-41(28(21(26)3)30(37)43)32(44)29(35(4,5)6)40-34(45)47-36(7,8)9/h13,16-17,19-22,26,28-29H,10-12,14-15,18H2,1-9H3,(H2,37,43)(H,40,45)/t21-,26+,28+,29-/m1/s1. The first-order valence-corrected chi connectivity index (χ1v) is 18.1. The lowest BCUT2D eigenvalue weighted by Crippen LogP contribution is -2.58. The minimum absolute atomic E-state index is 0.0130. The van der Waals surface area contributed by atoms with Crippen molar-refractivity contribution >= 4 is 40.3 Å². The van der Waals surface area contributed by atoms with E-state index in [1.807, 2.05) is 44.4 Å². The maximum atomic E-state index is 14.2. The molecule has 3 aromatic rings. The maximum Gasteiger partial charge on any atom is 0.408 e. The van der Waals surface area contributed by atoms with Crippen molar-refractivity contribution in [1.29, 1.82) is 0 Å². The first kappa shape index (κ1) is 35.6. The number of rotatable bonds is 8. The number of amides is 3. The van der Waals surface area contributed by atoms with Crippen molar-refractivity contribution in [1.82, 2.24) is 24.8 Å². The normalized spacial score (nSPS) is 21.5. The summed E-state index contributed by atoms with van der Waals surface area (Å²) in [7, 11) is 0. The molecule has 3 amide bonds. The van der Waals surface area contributed by atoms with Crippen molar-refractivity contribution in [2.45, 2.75) is 130 Å². The number of hydrogen-bond donors (Lipinski definition) is 2. The van der Waals surface area contributed by atoms with E-state index in [4.69, 9.17) is 25.2 Å². The summed E-state index contributed by atoms with van der Waals surface area (Å²) >= 11 is 1.65. The first-order chi connectivity index (χ1) is 22.5. The molecule has 0 bridgehead atoms. The van der Waals surface area contributed by atoms with E-state index in [0.717, 1.165) is 21.6 Å². The fourth-order valence-electron chi connectivity index (χ4n) is 6.97. The van der Waals surface area contributed by atoms with E-state index < -0.39 is 53.0 Å². The zero-order valence-corrected chi connectivity index (χ0v) is 30.6. The van der Waals surface area contributed by atoms with Gasteiger partial charge in [-0.25, -0.2) is 9.78 Å². The number of thiazole rings is 1. The van der Waals surface area contributed by atoms with Crippen molar-refractivity contribution in [2.75, 3.05) is 6.54 Å². The number of hydrogen-bond acceptors (Lipinski definition) is 8. The van der Waals surface area contributed by atoms with Gasteiger partial charge in [-0.1, -0.05) is 53.0 Å². The number of carbonyl (C=O) groups is 3. The Kier molecular flexibility index (Phi) is 10.2. The SMILES string of the molecule is CC(C)n1c(O[C@H]2CN(C(=O)[C@@H](NC(=O)OC(C)(C)C)C(C)(C)C)[C@H](C(N)=O)[C@@H]2C)nc2c(-c3nc(C4CCCCC4)cs3)cccc21. The number of ether oxygens (including phenoxy) is 2. The van der Waals surface area contributed by atoms with E-state index in [0.29, 0.717) is 11.9 Å². The van der Waals surface area contributed by atoms with Crippen LogP contribution in [0.4, 0.5) is 4.79 Å². The van der Waals surface area contributed by atoms with Crippen LogP contribution >= 0.6 is 11.3 Å². The molecule has 1 saturated carbocycles. The zero-order chi connectivity index (χ0) is 35.1. The number of fused-ring (bicyclic) bond motifs is 1. The Morgan fingerprint density at radius 1 is 1.04 bits per heavy atom. The van der Waals surface area contributed by atoms with Crippen molar-refractivity contribution in [3.8, 4) is 16.6 Å². The van der Waals surface area contributed by atoms with Crippen LogP contribution in [0, 0.1) is 11.3 Å². The van der Waals surface area contributed by atoms with Gasteiger partial charge in [0, 0.05) is 28.8 Å². The zero-order valence-electron chi connectivity index (χ0n) is 29.8. The van der Waals surface area contributed by atoms with Crippen molar-refractivity contribution in [3.63, 3.8) is 0 Å². The lowest BCUT2D eigenvalue weighted by atomic mass is 9.85. The van der Waals surface area contributed by atoms with Crippen molar-refractivity contribution < 1.29 is 23.9 Å². The van der Waals surface area contributed by atoms with Gasteiger partial charge < -0.3 is 25.4 Å². The van der Waals surface area contributed by atoms with Crippen LogP contribution in [-0.4, -0.2) is 67.7 Å². The summed E-state index contributed by atoms with van der Waals surface area (Å²) in [5, 5.41) is 5.88. The Bertz CT molecular complexity index is 1640. The molecule has 1 aliphatic carbocycles. The molecule has 0 unspecified atom stereocenters. The summed E-state index contributed by atoms with van der Waals surface area (Å²) in [6.45, 7) is 16.9. The van der Waals surface area contributed by atoms with E-state index in [-0.39, 0.29) is 12.6 Å². The number of para-hydroxylation sites is 1. The number of likely N-dealkylation sites (tertiary alicyclic amines) is 1. The second kappa shape index (κ2) is 13.7. The molecule has 1 aliphatic heterocycles. The van der Waals surface area contributed by atoms with Crippen LogP contribution in [0.15, 0.2) is 23.6 Å². The van der Waals surface area contributed by atoms with E-state index in [9.17, 15) is 14.4 Å². The number of benzene rings is 1. The predicted molar refractivity (Wildman–Crippen MR) is 188 cm³/mol. The predicted octanol–water partition coefficient (Wildman–Crippen LogP) is 6.81. The Hall–Kier alpha value is -3.67. The topological polar surface area (TPSA) is 142 Å². The van der Waals surface area contributed by atoms with E-state index >= 15 is 0 Å². The van der Waals surface area contributed by atoms with Gasteiger partial charge in [0.15, 0.2) is 0 Å². The van der Waals surface area contributed by atoms with Crippen molar-refractivity contribution in [3.05, 3.63) is 29.3 Å². The maximum absolute atomic E-state index is 14.2. The second-order valence-corrected chi connectivity index (χ2v) is 16.6. The average molecular weight is 681 g/mol. The molecule has 1 saturated heterocycles. The number of aromatic nitrogens is 3. The third kappa shape index (κ3) is 7.48. The van der Waals surface area contributed by atoms with Crippen LogP contribution in [0.5, 0.6) is 6.01 Å². The molecular weight excluding hydrogens is 629 g/mol. The summed E-state index contributed by atoms with van der Waals surface area (Å²) in [5.74, 6) is -0.984. The van der Waals surface area contributed by atoms with Gasteiger partial charge in [-0.05, 0) is 65.0 Å². The molecule has 11 nitrogen and oxygen atoms in total. The minimum Gasteiger partial charge on any atom is -0.459 e. The van der Waals surface area contributed by atoms with Crippen LogP contribution in [0.1, 0.15) is 112 Å². The van der Waals surface area contributed by atoms with Gasteiger partial charge in [-0.3, -0.25) is 14.2 Å². The van der Waals surface area contributed by atoms with Crippen LogP contribution in [0.25, 0.3) is 21.6 Å². The Balaban J connectivity index is 1.45. The molecule has 3 N–H and O–H groups in total. The Labute approximate surface area is 288 Å². The fourth-order valence-corrected chi connectivity index (χ4v) is 7.89. The monoisotopic (exact) mass is 680 g/mol. The van der Waals surface area contributed by atoms with Gasteiger partial charge >= 0.3 is 6.09 Å². The van der Waals surface area contributed by atoms with Crippen LogP contribution < -0.4 is 15.8 Å². The molecule has 12 heteroatoms. The highest BCUT2D eigenvalue weighted by Gasteiger charge is 2.50. The summed E-state index contributed by atoms with van der Waals surface area (Å²) in [5.41, 5.74) is 8.33. The number of imidazole rings is 1. The van der Waals surface area contributed by atoms with Gasteiger partial charge in [0.1, 0.15) is 34.3 Å². The highest BCUT2D eigenvalue weighted by molar-refractivity contribution is 7.13. The number of carbonyl (C=O) groups excluding carboxylic acids is 3. The number of nitrogens with one attached hydrogen (secondary N) is 1. The van der Waals surface area contributed by atoms with Gasteiger partial charge in [0.25, 0.3) is 6.01 Å². The molecule has 4 atom stereocenters. The number of nitrogens with zero attached hydrogens (tertiary/aromatic N) is 4. The summed E-state index contributed by atoms with van der Waals surface area (Å²) in [6, 6.07) is 4.62. The molecular formula is C36H52N6O5S. The van der Waals surface area contributed by atoms with Gasteiger partial charge in [0.05, 0.1) is 17.8 Å². The molecule has 262 valence electrons. The number of nitrogens with two attached hydrogens (primary N) is 1. The third-order valence-corrected chi connectivity index (χ3v) is 10.3. The summed E-state index contributed by atoms with van der Waals surface area (Å²) < 4.78 is 14.2. The molecule has 48 heavy (non-hydrogen) atoms. The summed E-state index contributed by atoms with van der Waals surface area (Å²) in [6.07, 6.45) is 4.89. The highest BCUT2D eigenvalue weighted by Crippen LogP contribution is 2.39. The van der Waals surface area contributed by atoms with Crippen LogP contribution in [-0.2, 0) is 14.3 Å². The van der Waals surface area contributed by atoms with Gasteiger partial charge in [-0.15, -0.1) is 11.3 Å². The quantitative estimate of drug-likeness (QED) is 0.266. The lowest BCUT2D eigenvalue weighted by Gasteiger charge is -2.35. The Morgan fingerprint density at radius 2 is 1.73 bits per heavy atom. The second-order valence-electron chi connectivity index (χ2n) is 15.7. The molecule has 0 radical (unpaired) electrons. The van der Waals surface area contributed by atoms with Gasteiger partial charge in [0.2, 0.25) is 11.8 Å². The molecule has 5 rings (SSSR count).